The van der Waals surface area contributed by atoms with Crippen LogP contribution in [0.2, 0.25) is 0 Å². The molecule has 3 heterocycles. The van der Waals surface area contributed by atoms with Gasteiger partial charge >= 0.3 is 0 Å². The second-order valence-corrected chi connectivity index (χ2v) is 8.07. The molecule has 30 heavy (non-hydrogen) atoms. The van der Waals surface area contributed by atoms with Crippen molar-refractivity contribution in [2.24, 2.45) is 5.92 Å². The lowest BCUT2D eigenvalue weighted by Crippen LogP contribution is -2.37. The number of hydrogen-bond donors (Lipinski definition) is 2. The Morgan fingerprint density at radius 1 is 1.23 bits per heavy atom. The Labute approximate surface area is 172 Å². The SMILES string of the molecule is Nc1nc2cc(C(=O)N(Cc3c(F)cccc3F)CC3CCC3)[nH]c2c2c1COC2. The van der Waals surface area contributed by atoms with Crippen molar-refractivity contribution in [3.8, 4) is 0 Å². The summed E-state index contributed by atoms with van der Waals surface area (Å²) in [5.41, 5.74) is 9.30. The van der Waals surface area contributed by atoms with Crippen molar-refractivity contribution >= 4 is 22.8 Å². The van der Waals surface area contributed by atoms with E-state index in [0.29, 0.717) is 42.7 Å². The first kappa shape index (κ1) is 19.0. The van der Waals surface area contributed by atoms with Gasteiger partial charge in [0.1, 0.15) is 23.1 Å². The summed E-state index contributed by atoms with van der Waals surface area (Å²) in [5, 5.41) is 0. The zero-order valence-corrected chi connectivity index (χ0v) is 16.4. The zero-order valence-electron chi connectivity index (χ0n) is 16.4. The van der Waals surface area contributed by atoms with Gasteiger partial charge in [0.15, 0.2) is 0 Å². The lowest BCUT2D eigenvalue weighted by atomic mass is 9.85. The maximum Gasteiger partial charge on any atom is 0.270 e. The van der Waals surface area contributed by atoms with E-state index in [4.69, 9.17) is 10.5 Å². The molecule has 0 spiro atoms. The van der Waals surface area contributed by atoms with Crippen molar-refractivity contribution in [3.05, 3.63) is 58.3 Å². The number of H-pyrrole nitrogens is 1. The van der Waals surface area contributed by atoms with Gasteiger partial charge < -0.3 is 20.4 Å². The molecule has 8 heteroatoms. The standard InChI is InChI=1S/C22H22F2N4O2/c23-16-5-2-6-17(24)13(16)9-28(8-12-3-1-4-12)22(29)19-7-18-20(26-19)14-10-30-11-15(14)21(25)27-18/h2,5-7,12,26H,1,3-4,8-11H2,(H2,25,27). The number of nitrogens with zero attached hydrogens (tertiary/aromatic N) is 2. The second-order valence-electron chi connectivity index (χ2n) is 8.07. The van der Waals surface area contributed by atoms with E-state index in [0.717, 1.165) is 35.9 Å². The summed E-state index contributed by atoms with van der Waals surface area (Å²) in [6.45, 7) is 1.13. The number of nitrogens with two attached hydrogens (primary N) is 1. The molecule has 3 aromatic rings. The Balaban J connectivity index is 1.50. The van der Waals surface area contributed by atoms with Gasteiger partial charge in [0, 0.05) is 23.2 Å². The molecule has 1 aliphatic carbocycles. The Kier molecular flexibility index (Phi) is 4.66. The number of aromatic nitrogens is 2. The molecule has 6 nitrogen and oxygen atoms in total. The molecular weight excluding hydrogens is 390 g/mol. The van der Waals surface area contributed by atoms with Crippen molar-refractivity contribution in [2.45, 2.75) is 39.0 Å². The summed E-state index contributed by atoms with van der Waals surface area (Å²) in [6, 6.07) is 5.40. The minimum absolute atomic E-state index is 0.0991. The summed E-state index contributed by atoms with van der Waals surface area (Å²) in [6.07, 6.45) is 3.14. The van der Waals surface area contributed by atoms with Crippen LogP contribution in [0.1, 0.15) is 46.4 Å². The molecule has 1 saturated carbocycles. The monoisotopic (exact) mass is 412 g/mol. The maximum atomic E-state index is 14.2. The Morgan fingerprint density at radius 3 is 2.67 bits per heavy atom. The van der Waals surface area contributed by atoms with Crippen molar-refractivity contribution in [3.63, 3.8) is 0 Å². The average Bonchev–Trinajstić information content (AvgIpc) is 3.32. The fraction of sp³-hybridized carbons (Fsp3) is 0.364. The van der Waals surface area contributed by atoms with Gasteiger partial charge in [0.05, 0.1) is 30.8 Å². The number of rotatable bonds is 5. The third-order valence-corrected chi connectivity index (χ3v) is 6.14. The van der Waals surface area contributed by atoms with E-state index < -0.39 is 11.6 Å². The smallest absolute Gasteiger partial charge is 0.270 e. The number of aromatic amines is 1. The van der Waals surface area contributed by atoms with Crippen molar-refractivity contribution < 1.29 is 18.3 Å². The van der Waals surface area contributed by atoms with Gasteiger partial charge in [0.25, 0.3) is 5.91 Å². The molecule has 1 aromatic carbocycles. The first-order chi connectivity index (χ1) is 14.5. The van der Waals surface area contributed by atoms with Gasteiger partial charge in [-0.3, -0.25) is 4.79 Å². The van der Waals surface area contributed by atoms with Crippen LogP contribution in [0, 0.1) is 17.6 Å². The van der Waals surface area contributed by atoms with Crippen LogP contribution in [0.4, 0.5) is 14.6 Å². The number of fused-ring (bicyclic) bond motifs is 3. The first-order valence-corrected chi connectivity index (χ1v) is 10.1. The Bertz CT molecular complexity index is 1120. The topological polar surface area (TPSA) is 84.2 Å². The van der Waals surface area contributed by atoms with Crippen molar-refractivity contribution in [1.29, 1.82) is 0 Å². The predicted octanol–water partition coefficient (Wildman–Crippen LogP) is 3.90. The Morgan fingerprint density at radius 2 is 1.97 bits per heavy atom. The van der Waals surface area contributed by atoms with Gasteiger partial charge in [-0.1, -0.05) is 12.5 Å². The highest BCUT2D eigenvalue weighted by Gasteiger charge is 2.28. The molecular formula is C22H22F2N4O2. The van der Waals surface area contributed by atoms with E-state index in [2.05, 4.69) is 9.97 Å². The number of nitrogen functional groups attached to an aromatic ring is 1. The number of hydrogen-bond acceptors (Lipinski definition) is 4. The number of carbonyl (C=O) groups is 1. The number of ether oxygens (including phenoxy) is 1. The van der Waals surface area contributed by atoms with Crippen molar-refractivity contribution in [1.82, 2.24) is 14.9 Å². The summed E-state index contributed by atoms with van der Waals surface area (Å²) < 4.78 is 34.0. The van der Waals surface area contributed by atoms with Gasteiger partial charge in [-0.15, -0.1) is 0 Å². The molecule has 1 amide bonds. The quantitative estimate of drug-likeness (QED) is 0.666. The number of pyridine rings is 1. The van der Waals surface area contributed by atoms with Gasteiger partial charge in [-0.2, -0.15) is 0 Å². The molecule has 0 bridgehead atoms. The highest BCUT2D eigenvalue weighted by molar-refractivity contribution is 5.98. The molecule has 0 saturated heterocycles. The van der Waals surface area contributed by atoms with Crippen LogP contribution in [0.15, 0.2) is 24.3 Å². The Hall–Kier alpha value is -3.00. The fourth-order valence-corrected chi connectivity index (χ4v) is 4.21. The van der Waals surface area contributed by atoms with Gasteiger partial charge in [-0.05, 0) is 37.0 Å². The van der Waals surface area contributed by atoms with Crippen molar-refractivity contribution in [2.75, 3.05) is 12.3 Å². The summed E-state index contributed by atoms with van der Waals surface area (Å²) in [5.74, 6) is -0.869. The van der Waals surface area contributed by atoms with E-state index in [-0.39, 0.29) is 18.0 Å². The molecule has 1 aliphatic heterocycles. The highest BCUT2D eigenvalue weighted by atomic mass is 19.1. The third-order valence-electron chi connectivity index (χ3n) is 6.14. The van der Waals surface area contributed by atoms with Crippen LogP contribution >= 0.6 is 0 Å². The largest absolute Gasteiger partial charge is 0.383 e. The molecule has 5 rings (SSSR count). The van der Waals surface area contributed by atoms with Gasteiger partial charge in [-0.25, -0.2) is 13.8 Å². The van der Waals surface area contributed by atoms with E-state index >= 15 is 0 Å². The molecule has 1 fully saturated rings. The summed E-state index contributed by atoms with van der Waals surface area (Å²) >= 11 is 0. The predicted molar refractivity (Wildman–Crippen MR) is 107 cm³/mol. The number of nitrogens with one attached hydrogen (secondary N) is 1. The van der Waals surface area contributed by atoms with Gasteiger partial charge in [0.2, 0.25) is 0 Å². The lowest BCUT2D eigenvalue weighted by Gasteiger charge is -2.32. The summed E-state index contributed by atoms with van der Waals surface area (Å²) in [4.78, 5) is 22.4. The summed E-state index contributed by atoms with van der Waals surface area (Å²) in [7, 11) is 0. The lowest BCUT2D eigenvalue weighted by molar-refractivity contribution is 0.0670. The molecule has 0 radical (unpaired) electrons. The van der Waals surface area contributed by atoms with Crippen LogP contribution in [-0.2, 0) is 24.5 Å². The molecule has 0 unspecified atom stereocenters. The van der Waals surface area contributed by atoms with E-state index in [1.807, 2.05) is 0 Å². The van der Waals surface area contributed by atoms with Crippen LogP contribution in [0.5, 0.6) is 0 Å². The van der Waals surface area contributed by atoms with E-state index in [9.17, 15) is 13.6 Å². The number of benzene rings is 1. The van der Waals surface area contributed by atoms with E-state index in [1.165, 1.54) is 23.1 Å². The zero-order chi connectivity index (χ0) is 20.8. The van der Waals surface area contributed by atoms with Crippen LogP contribution in [0.3, 0.4) is 0 Å². The fourth-order valence-electron chi connectivity index (χ4n) is 4.21. The number of halogens is 2. The third kappa shape index (κ3) is 3.21. The first-order valence-electron chi connectivity index (χ1n) is 10.1. The van der Waals surface area contributed by atoms with E-state index in [1.54, 1.807) is 6.07 Å². The van der Waals surface area contributed by atoms with Crippen LogP contribution in [0.25, 0.3) is 11.0 Å². The normalized spacial score (nSPS) is 15.9. The second kappa shape index (κ2) is 7.36. The minimum Gasteiger partial charge on any atom is -0.383 e. The average molecular weight is 412 g/mol. The molecule has 156 valence electrons. The van der Waals surface area contributed by atoms with Crippen LogP contribution in [-0.4, -0.2) is 27.3 Å². The molecule has 2 aromatic heterocycles. The number of carbonyl (C=O) groups excluding carboxylic acids is 1. The highest BCUT2D eigenvalue weighted by Crippen LogP contribution is 2.32. The number of anilines is 1. The maximum absolute atomic E-state index is 14.2. The number of amides is 1. The van der Waals surface area contributed by atoms with Crippen LogP contribution < -0.4 is 5.73 Å². The molecule has 0 atom stereocenters. The molecule has 3 N–H and O–H groups in total. The molecule has 2 aliphatic rings. The minimum atomic E-state index is -0.650.